The zero-order valence-corrected chi connectivity index (χ0v) is 20.7. The number of aromatic amines is 1. The van der Waals surface area contributed by atoms with E-state index in [1.807, 2.05) is 55.6 Å². The van der Waals surface area contributed by atoms with E-state index in [9.17, 15) is 9.90 Å². The van der Waals surface area contributed by atoms with E-state index in [1.165, 1.54) is 18.5 Å². The molecule has 6 nitrogen and oxygen atoms in total. The number of ether oxygens (including phenoxy) is 1. The Morgan fingerprint density at radius 1 is 1.06 bits per heavy atom. The molecule has 1 saturated heterocycles. The number of benzene rings is 3. The molecule has 6 heteroatoms. The van der Waals surface area contributed by atoms with Crippen LogP contribution in [-0.4, -0.2) is 48.3 Å². The van der Waals surface area contributed by atoms with Crippen molar-refractivity contribution < 1.29 is 14.6 Å². The first-order valence-corrected chi connectivity index (χ1v) is 12.7. The standard InChI is InChI=1S/C30H33N3O3/c1-2-36-29-13-12-22(21-8-7-9-25(17-21)33-14-5-6-15-33)18-27(29)30(35)32-24(20-34)16-23-19-31-28-11-4-3-10-26(23)28/h3-4,7-13,17-19,24,31,34H,2,5-6,14-16,20H2,1H3,(H,32,35)/t24-/m1/s1. The second-order valence-corrected chi connectivity index (χ2v) is 9.31. The Kier molecular flexibility index (Phi) is 7.23. The van der Waals surface area contributed by atoms with Crippen molar-refractivity contribution in [2.45, 2.75) is 32.2 Å². The highest BCUT2D eigenvalue weighted by Gasteiger charge is 2.20. The molecule has 1 atom stereocenters. The summed E-state index contributed by atoms with van der Waals surface area (Å²) in [6.07, 6.45) is 4.91. The highest BCUT2D eigenvalue weighted by Crippen LogP contribution is 2.31. The van der Waals surface area contributed by atoms with Gasteiger partial charge >= 0.3 is 0 Å². The van der Waals surface area contributed by atoms with Gasteiger partial charge < -0.3 is 25.0 Å². The van der Waals surface area contributed by atoms with Crippen molar-refractivity contribution in [1.29, 1.82) is 0 Å². The van der Waals surface area contributed by atoms with E-state index < -0.39 is 6.04 Å². The maximum absolute atomic E-state index is 13.4. The van der Waals surface area contributed by atoms with Crippen molar-refractivity contribution in [3.05, 3.63) is 84.1 Å². The quantitative estimate of drug-likeness (QED) is 0.307. The van der Waals surface area contributed by atoms with Crippen LogP contribution in [0.25, 0.3) is 22.0 Å². The van der Waals surface area contributed by atoms with Crippen LogP contribution in [0.5, 0.6) is 5.75 Å². The second kappa shape index (κ2) is 10.9. The number of anilines is 1. The van der Waals surface area contributed by atoms with Crippen molar-refractivity contribution >= 4 is 22.5 Å². The Morgan fingerprint density at radius 2 is 1.86 bits per heavy atom. The van der Waals surface area contributed by atoms with E-state index in [1.54, 1.807) is 0 Å². The number of fused-ring (bicyclic) bond motifs is 1. The number of H-pyrrole nitrogens is 1. The van der Waals surface area contributed by atoms with E-state index in [4.69, 9.17) is 4.74 Å². The summed E-state index contributed by atoms with van der Waals surface area (Å²) >= 11 is 0. The van der Waals surface area contributed by atoms with Crippen molar-refractivity contribution in [2.75, 3.05) is 31.2 Å². The molecule has 1 aliphatic heterocycles. The number of hydrogen-bond donors (Lipinski definition) is 3. The summed E-state index contributed by atoms with van der Waals surface area (Å²) in [6.45, 7) is 4.37. The molecular formula is C30H33N3O3. The Labute approximate surface area is 211 Å². The lowest BCUT2D eigenvalue weighted by atomic mass is 10.0. The van der Waals surface area contributed by atoms with Crippen LogP contribution < -0.4 is 15.0 Å². The summed E-state index contributed by atoms with van der Waals surface area (Å²) in [6, 6.07) is 21.9. The number of aliphatic hydroxyl groups excluding tert-OH is 1. The van der Waals surface area contributed by atoms with E-state index in [0.717, 1.165) is 40.7 Å². The number of carbonyl (C=O) groups is 1. The Hall–Kier alpha value is -3.77. The second-order valence-electron chi connectivity index (χ2n) is 9.31. The maximum Gasteiger partial charge on any atom is 0.255 e. The molecule has 3 aromatic carbocycles. The molecule has 36 heavy (non-hydrogen) atoms. The molecule has 5 rings (SSSR count). The zero-order chi connectivity index (χ0) is 24.9. The molecule has 1 fully saturated rings. The Morgan fingerprint density at radius 3 is 2.67 bits per heavy atom. The lowest BCUT2D eigenvalue weighted by molar-refractivity contribution is 0.0913. The maximum atomic E-state index is 13.4. The molecule has 1 aromatic heterocycles. The fraction of sp³-hybridized carbons (Fsp3) is 0.300. The van der Waals surface area contributed by atoms with Gasteiger partial charge in [-0.1, -0.05) is 36.4 Å². The molecule has 4 aromatic rings. The molecule has 3 N–H and O–H groups in total. The van der Waals surface area contributed by atoms with Crippen molar-refractivity contribution in [3.8, 4) is 16.9 Å². The Balaban J connectivity index is 1.39. The van der Waals surface area contributed by atoms with Gasteiger partial charge in [0.15, 0.2) is 0 Å². The topological polar surface area (TPSA) is 77.6 Å². The van der Waals surface area contributed by atoms with Crippen molar-refractivity contribution in [3.63, 3.8) is 0 Å². The first kappa shape index (κ1) is 23.9. The summed E-state index contributed by atoms with van der Waals surface area (Å²) in [5.41, 5.74) is 5.80. The molecule has 186 valence electrons. The third-order valence-electron chi connectivity index (χ3n) is 6.87. The monoisotopic (exact) mass is 483 g/mol. The normalized spacial score (nSPS) is 14.2. The third-order valence-corrected chi connectivity index (χ3v) is 6.87. The number of rotatable bonds is 9. The average molecular weight is 484 g/mol. The zero-order valence-electron chi connectivity index (χ0n) is 20.7. The molecule has 0 unspecified atom stereocenters. The minimum absolute atomic E-state index is 0.160. The summed E-state index contributed by atoms with van der Waals surface area (Å²) < 4.78 is 5.80. The van der Waals surface area contributed by atoms with Crippen LogP contribution in [0.1, 0.15) is 35.7 Å². The van der Waals surface area contributed by atoms with Gasteiger partial charge in [-0.2, -0.15) is 0 Å². The Bertz CT molecular complexity index is 1340. The molecule has 0 bridgehead atoms. The van der Waals surface area contributed by atoms with Gasteiger partial charge in [0.05, 0.1) is 24.8 Å². The van der Waals surface area contributed by atoms with Gasteiger partial charge in [-0.15, -0.1) is 0 Å². The van der Waals surface area contributed by atoms with Gasteiger partial charge in [-0.05, 0) is 73.2 Å². The molecule has 0 radical (unpaired) electrons. The minimum atomic E-state index is -0.423. The van der Waals surface area contributed by atoms with Crippen LogP contribution in [0, 0.1) is 0 Å². The number of hydrogen-bond acceptors (Lipinski definition) is 4. The lowest BCUT2D eigenvalue weighted by Crippen LogP contribution is -2.39. The summed E-state index contributed by atoms with van der Waals surface area (Å²) in [7, 11) is 0. The van der Waals surface area contributed by atoms with Gasteiger partial charge in [0.1, 0.15) is 5.75 Å². The highest BCUT2D eigenvalue weighted by atomic mass is 16.5. The first-order chi connectivity index (χ1) is 17.7. The number of carbonyl (C=O) groups excluding carboxylic acids is 1. The van der Waals surface area contributed by atoms with Crippen LogP contribution >= 0.6 is 0 Å². The minimum Gasteiger partial charge on any atom is -0.493 e. The van der Waals surface area contributed by atoms with Crippen LogP contribution in [-0.2, 0) is 6.42 Å². The van der Waals surface area contributed by atoms with Crippen LogP contribution in [0.15, 0.2) is 72.9 Å². The summed E-state index contributed by atoms with van der Waals surface area (Å²) in [4.78, 5) is 19.1. The van der Waals surface area contributed by atoms with Crippen LogP contribution in [0.2, 0.25) is 0 Å². The number of aromatic nitrogens is 1. The molecule has 0 aliphatic carbocycles. The molecule has 1 amide bonds. The molecule has 0 spiro atoms. The summed E-state index contributed by atoms with van der Waals surface area (Å²) in [5.74, 6) is 0.285. The van der Waals surface area contributed by atoms with Crippen LogP contribution in [0.3, 0.4) is 0 Å². The number of para-hydroxylation sites is 1. The smallest absolute Gasteiger partial charge is 0.255 e. The van der Waals surface area contributed by atoms with E-state index in [2.05, 4.69) is 39.5 Å². The lowest BCUT2D eigenvalue weighted by Gasteiger charge is -2.20. The highest BCUT2D eigenvalue weighted by molar-refractivity contribution is 5.98. The van der Waals surface area contributed by atoms with E-state index in [-0.39, 0.29) is 12.5 Å². The number of nitrogens with zero attached hydrogens (tertiary/aromatic N) is 1. The number of amides is 1. The van der Waals surface area contributed by atoms with E-state index in [0.29, 0.717) is 24.3 Å². The number of nitrogens with one attached hydrogen (secondary N) is 2. The van der Waals surface area contributed by atoms with Gasteiger partial charge in [-0.3, -0.25) is 4.79 Å². The molecule has 2 heterocycles. The average Bonchev–Trinajstić information content (AvgIpc) is 3.60. The predicted molar refractivity (Wildman–Crippen MR) is 145 cm³/mol. The van der Waals surface area contributed by atoms with Gasteiger partial charge in [-0.25, -0.2) is 0 Å². The summed E-state index contributed by atoms with van der Waals surface area (Å²) in [5, 5.41) is 14.2. The van der Waals surface area contributed by atoms with Gasteiger partial charge in [0.2, 0.25) is 0 Å². The number of aliphatic hydroxyl groups is 1. The SMILES string of the molecule is CCOc1ccc(-c2cccc(N3CCCC3)c2)cc1C(=O)N[C@@H](CO)Cc1c[nH]c2ccccc12. The first-order valence-electron chi connectivity index (χ1n) is 12.7. The fourth-order valence-corrected chi connectivity index (χ4v) is 5.02. The van der Waals surface area contributed by atoms with Crippen molar-refractivity contribution in [2.24, 2.45) is 0 Å². The fourth-order valence-electron chi connectivity index (χ4n) is 5.02. The van der Waals surface area contributed by atoms with Crippen LogP contribution in [0.4, 0.5) is 5.69 Å². The third kappa shape index (κ3) is 5.09. The van der Waals surface area contributed by atoms with Gasteiger partial charge in [0, 0.05) is 35.9 Å². The largest absolute Gasteiger partial charge is 0.493 e. The predicted octanol–water partition coefficient (Wildman–Crippen LogP) is 5.17. The van der Waals surface area contributed by atoms with Gasteiger partial charge in [0.25, 0.3) is 5.91 Å². The van der Waals surface area contributed by atoms with Crippen molar-refractivity contribution in [1.82, 2.24) is 10.3 Å². The molecule has 1 aliphatic rings. The molecule has 0 saturated carbocycles. The molecular weight excluding hydrogens is 450 g/mol. The van der Waals surface area contributed by atoms with E-state index >= 15 is 0 Å².